The third kappa shape index (κ3) is 3.83. The Bertz CT molecular complexity index is 906. The van der Waals surface area contributed by atoms with Gasteiger partial charge in [0.1, 0.15) is 13.1 Å². The summed E-state index contributed by atoms with van der Waals surface area (Å²) < 4.78 is 2.22. The molecule has 4 atom stereocenters. The van der Waals surface area contributed by atoms with E-state index in [1.165, 1.54) is 47.9 Å². The first-order valence-electron chi connectivity index (χ1n) is 13.6. The van der Waals surface area contributed by atoms with Crippen LogP contribution in [0.3, 0.4) is 0 Å². The van der Waals surface area contributed by atoms with E-state index in [-0.39, 0.29) is 12.2 Å². The van der Waals surface area contributed by atoms with E-state index < -0.39 is 0 Å². The Morgan fingerprint density at radius 1 is 0.559 bits per heavy atom. The van der Waals surface area contributed by atoms with E-state index in [1.807, 2.05) is 0 Å². The summed E-state index contributed by atoms with van der Waals surface area (Å²) in [6, 6.07) is 20.9. The Morgan fingerprint density at radius 3 is 1.15 bits per heavy atom. The van der Waals surface area contributed by atoms with Gasteiger partial charge in [-0.25, -0.2) is 0 Å². The number of hydrogen-bond donors (Lipinski definition) is 2. The summed E-state index contributed by atoms with van der Waals surface area (Å²) in [7, 11) is 4.83. The second kappa shape index (κ2) is 8.44. The molecule has 34 heavy (non-hydrogen) atoms. The topological polar surface area (TPSA) is 40.5 Å². The normalized spacial score (nSPS) is 41.1. The summed E-state index contributed by atoms with van der Waals surface area (Å²) in [6.45, 7) is 2.16. The van der Waals surface area contributed by atoms with Crippen LogP contribution in [0.5, 0.6) is 0 Å². The number of aliphatic hydroxyl groups is 2. The van der Waals surface area contributed by atoms with Gasteiger partial charge in [-0.2, -0.15) is 0 Å². The molecule has 4 heterocycles. The average molecular weight is 463 g/mol. The second-order valence-corrected chi connectivity index (χ2v) is 12.4. The average Bonchev–Trinajstić information content (AvgIpc) is 3.07. The van der Waals surface area contributed by atoms with Crippen LogP contribution in [0.25, 0.3) is 11.1 Å². The molecular weight excluding hydrogens is 420 g/mol. The fraction of sp³-hybridized carbons (Fsp3) is 0.600. The number of rotatable bonds is 5. The molecule has 0 aromatic heterocycles. The Labute approximate surface area is 205 Å². The van der Waals surface area contributed by atoms with Crippen LogP contribution in [0.15, 0.2) is 48.5 Å². The van der Waals surface area contributed by atoms with E-state index in [4.69, 9.17) is 0 Å². The van der Waals surface area contributed by atoms with E-state index in [1.54, 1.807) is 0 Å². The van der Waals surface area contributed by atoms with Gasteiger partial charge < -0.3 is 19.2 Å². The van der Waals surface area contributed by atoms with E-state index in [0.717, 1.165) is 47.7 Å². The second-order valence-electron chi connectivity index (χ2n) is 12.4. The van der Waals surface area contributed by atoms with Crippen LogP contribution in [0.1, 0.15) is 62.5 Å². The zero-order chi connectivity index (χ0) is 23.5. The van der Waals surface area contributed by atoms with Crippen molar-refractivity contribution in [1.29, 1.82) is 0 Å². The summed E-state index contributed by atoms with van der Waals surface area (Å²) in [4.78, 5) is 0. The molecule has 0 radical (unpaired) electrons. The fourth-order valence-corrected chi connectivity index (χ4v) is 8.34. The van der Waals surface area contributed by atoms with Gasteiger partial charge in [-0.1, -0.05) is 48.5 Å². The van der Waals surface area contributed by atoms with Crippen molar-refractivity contribution in [3.63, 3.8) is 0 Å². The lowest BCUT2D eigenvalue weighted by Crippen LogP contribution is -2.57. The van der Waals surface area contributed by atoms with Crippen LogP contribution in [-0.4, -0.2) is 69.6 Å². The van der Waals surface area contributed by atoms with Gasteiger partial charge in [-0.05, 0) is 11.1 Å². The van der Waals surface area contributed by atoms with Gasteiger partial charge in [0.25, 0.3) is 0 Å². The molecule has 6 rings (SSSR count). The van der Waals surface area contributed by atoms with Gasteiger partial charge in [0, 0.05) is 62.5 Å². The lowest BCUT2D eigenvalue weighted by atomic mass is 9.95. The molecule has 4 fully saturated rings. The summed E-state index contributed by atoms with van der Waals surface area (Å²) in [5, 5.41) is 20.4. The highest BCUT2D eigenvalue weighted by Crippen LogP contribution is 2.44. The van der Waals surface area contributed by atoms with Crippen LogP contribution in [0.2, 0.25) is 0 Å². The third-order valence-electron chi connectivity index (χ3n) is 10.5. The zero-order valence-electron chi connectivity index (χ0n) is 20.9. The van der Waals surface area contributed by atoms with E-state index in [9.17, 15) is 10.2 Å². The zero-order valence-corrected chi connectivity index (χ0v) is 20.9. The number of benzene rings is 2. The predicted molar refractivity (Wildman–Crippen MR) is 136 cm³/mol. The Kier molecular flexibility index (Phi) is 5.64. The molecule has 0 spiro atoms. The lowest BCUT2D eigenvalue weighted by molar-refractivity contribution is -0.961. The first-order chi connectivity index (χ1) is 16.3. The molecule has 2 N–H and O–H groups in total. The highest BCUT2D eigenvalue weighted by Gasteiger charge is 2.52. The highest BCUT2D eigenvalue weighted by molar-refractivity contribution is 5.63. The van der Waals surface area contributed by atoms with Gasteiger partial charge in [-0.15, -0.1) is 0 Å². The highest BCUT2D eigenvalue weighted by atomic mass is 16.3. The van der Waals surface area contributed by atoms with Gasteiger partial charge in [0.05, 0.1) is 50.5 Å². The quantitative estimate of drug-likeness (QED) is 0.637. The van der Waals surface area contributed by atoms with Crippen LogP contribution in [-0.2, 0) is 13.1 Å². The molecule has 4 saturated heterocycles. The molecular formula is C30H42N2O2+2. The van der Waals surface area contributed by atoms with Crippen molar-refractivity contribution in [2.24, 2.45) is 0 Å². The van der Waals surface area contributed by atoms with E-state index in [0.29, 0.717) is 24.2 Å². The molecule has 182 valence electrons. The van der Waals surface area contributed by atoms with Crippen LogP contribution in [0.4, 0.5) is 0 Å². The molecule has 2 aromatic rings. The molecule has 4 aliphatic heterocycles. The SMILES string of the molecule is C[N+]1(Cc2ccc(-c3ccc(C[N+]4(C)C5CCC4CC(O)C5)cc3)cc2)C2CCC1CC(O)C2. The van der Waals surface area contributed by atoms with Gasteiger partial charge in [-0.3, -0.25) is 0 Å². The summed E-state index contributed by atoms with van der Waals surface area (Å²) >= 11 is 0. The summed E-state index contributed by atoms with van der Waals surface area (Å²) in [5.74, 6) is 0. The molecule has 0 amide bonds. The van der Waals surface area contributed by atoms with Crippen molar-refractivity contribution in [2.45, 2.75) is 101 Å². The maximum absolute atomic E-state index is 10.2. The third-order valence-corrected chi connectivity index (χ3v) is 10.5. The predicted octanol–water partition coefficient (Wildman–Crippen LogP) is 4.62. The molecule has 0 saturated carbocycles. The number of quaternary nitrogens is 2. The van der Waals surface area contributed by atoms with Crippen molar-refractivity contribution in [1.82, 2.24) is 0 Å². The first kappa shape index (κ1) is 22.7. The van der Waals surface area contributed by atoms with Crippen molar-refractivity contribution >= 4 is 0 Å². The maximum Gasteiger partial charge on any atom is 0.105 e. The molecule has 4 bridgehead atoms. The van der Waals surface area contributed by atoms with Gasteiger partial charge in [0.15, 0.2) is 0 Å². The first-order valence-corrected chi connectivity index (χ1v) is 13.6. The number of fused-ring (bicyclic) bond motifs is 4. The molecule has 4 unspecified atom stereocenters. The lowest BCUT2D eigenvalue weighted by Gasteiger charge is -2.46. The van der Waals surface area contributed by atoms with Gasteiger partial charge in [0.2, 0.25) is 0 Å². The summed E-state index contributed by atoms with van der Waals surface area (Å²) in [5.41, 5.74) is 5.40. The number of nitrogens with zero attached hydrogens (tertiary/aromatic N) is 2. The Hall–Kier alpha value is -1.72. The smallest absolute Gasteiger partial charge is 0.105 e. The molecule has 4 heteroatoms. The Balaban J connectivity index is 1.13. The minimum Gasteiger partial charge on any atom is -0.393 e. The summed E-state index contributed by atoms with van der Waals surface area (Å²) in [6.07, 6.45) is 8.77. The maximum atomic E-state index is 10.2. The molecule has 4 aliphatic rings. The van der Waals surface area contributed by atoms with E-state index >= 15 is 0 Å². The largest absolute Gasteiger partial charge is 0.393 e. The van der Waals surface area contributed by atoms with Crippen molar-refractivity contribution in [2.75, 3.05) is 14.1 Å². The minimum absolute atomic E-state index is 0.0877. The van der Waals surface area contributed by atoms with E-state index in [2.05, 4.69) is 62.6 Å². The Morgan fingerprint density at radius 2 is 0.853 bits per heavy atom. The monoisotopic (exact) mass is 462 g/mol. The van der Waals surface area contributed by atoms with Crippen LogP contribution < -0.4 is 0 Å². The molecule has 4 nitrogen and oxygen atoms in total. The van der Waals surface area contributed by atoms with Gasteiger partial charge >= 0.3 is 0 Å². The molecule has 0 aliphatic carbocycles. The fourth-order valence-electron chi connectivity index (χ4n) is 8.34. The van der Waals surface area contributed by atoms with Crippen molar-refractivity contribution in [3.05, 3.63) is 59.7 Å². The van der Waals surface area contributed by atoms with Crippen molar-refractivity contribution in [3.8, 4) is 11.1 Å². The standard InChI is InChI=1S/C30H42N2O2/c1-31(25-11-12-26(31)16-29(33)15-25)19-21-3-7-23(8-4-21)24-9-5-22(6-10-24)20-32(2)27-13-14-28(32)18-30(34)17-27/h3-10,25-30,33-34H,11-20H2,1-2H3/q+2. The molecule has 2 aromatic carbocycles. The van der Waals surface area contributed by atoms with Crippen molar-refractivity contribution < 1.29 is 19.2 Å². The van der Waals surface area contributed by atoms with Crippen LogP contribution in [0, 0.1) is 0 Å². The minimum atomic E-state index is -0.0877. The number of piperidine rings is 2. The van der Waals surface area contributed by atoms with Crippen LogP contribution >= 0.6 is 0 Å². The number of aliphatic hydroxyl groups excluding tert-OH is 2. The number of hydrogen-bond acceptors (Lipinski definition) is 2.